The molecule has 4 heteroatoms. The Kier molecular flexibility index (Phi) is 4.02. The van der Waals surface area contributed by atoms with E-state index in [1.165, 1.54) is 5.56 Å². The normalized spacial score (nSPS) is 10.1. The first-order chi connectivity index (χ1) is 8.79. The molecular formula is C14H16N2O2. The first-order valence-corrected chi connectivity index (χ1v) is 5.83. The minimum Gasteiger partial charge on any atom is -0.497 e. The number of aromatic amines is 1. The number of hydrogen-bond acceptors (Lipinski definition) is 2. The Hall–Kier alpha value is -2.23. The Morgan fingerprint density at radius 2 is 2.06 bits per heavy atom. The summed E-state index contributed by atoms with van der Waals surface area (Å²) >= 11 is 0. The number of nitrogens with one attached hydrogen (secondary N) is 2. The highest BCUT2D eigenvalue weighted by molar-refractivity contribution is 5.94. The van der Waals surface area contributed by atoms with Crippen molar-refractivity contribution < 1.29 is 9.53 Å². The average Bonchev–Trinajstić information content (AvgIpc) is 2.92. The van der Waals surface area contributed by atoms with Gasteiger partial charge in [0.15, 0.2) is 0 Å². The van der Waals surface area contributed by atoms with Crippen LogP contribution in [0.25, 0.3) is 0 Å². The van der Waals surface area contributed by atoms with E-state index in [0.717, 1.165) is 12.2 Å². The van der Waals surface area contributed by atoms with E-state index in [1.54, 1.807) is 31.4 Å². The van der Waals surface area contributed by atoms with Crippen molar-refractivity contribution in [3.8, 4) is 5.75 Å². The van der Waals surface area contributed by atoms with Crippen LogP contribution in [-0.4, -0.2) is 24.5 Å². The molecule has 0 spiro atoms. The predicted octanol–water partition coefficient (Wildman–Crippen LogP) is 2.00. The van der Waals surface area contributed by atoms with Crippen LogP contribution in [0, 0.1) is 0 Å². The van der Waals surface area contributed by atoms with Crippen LogP contribution in [0.3, 0.4) is 0 Å². The van der Waals surface area contributed by atoms with Crippen molar-refractivity contribution in [3.63, 3.8) is 0 Å². The third-order valence-corrected chi connectivity index (χ3v) is 2.71. The number of methoxy groups -OCH3 is 1. The van der Waals surface area contributed by atoms with Crippen molar-refractivity contribution >= 4 is 5.91 Å². The topological polar surface area (TPSA) is 54.1 Å². The van der Waals surface area contributed by atoms with Crippen LogP contribution in [0.2, 0.25) is 0 Å². The summed E-state index contributed by atoms with van der Waals surface area (Å²) in [4.78, 5) is 14.8. The van der Waals surface area contributed by atoms with Gasteiger partial charge in [-0.3, -0.25) is 4.79 Å². The molecule has 0 aliphatic heterocycles. The maximum Gasteiger partial charge on any atom is 0.251 e. The number of benzene rings is 1. The molecule has 0 fully saturated rings. The summed E-state index contributed by atoms with van der Waals surface area (Å²) in [5, 5.41) is 2.88. The highest BCUT2D eigenvalue weighted by Gasteiger charge is 2.04. The number of aromatic nitrogens is 1. The molecule has 0 atom stereocenters. The van der Waals surface area contributed by atoms with Crippen LogP contribution in [0.15, 0.2) is 42.7 Å². The van der Waals surface area contributed by atoms with Gasteiger partial charge in [0.1, 0.15) is 5.75 Å². The predicted molar refractivity (Wildman–Crippen MR) is 69.8 cm³/mol. The van der Waals surface area contributed by atoms with Crippen molar-refractivity contribution in [1.82, 2.24) is 10.3 Å². The lowest BCUT2D eigenvalue weighted by molar-refractivity contribution is 0.0954. The first kappa shape index (κ1) is 12.2. The molecule has 0 aliphatic carbocycles. The van der Waals surface area contributed by atoms with Gasteiger partial charge in [0.2, 0.25) is 0 Å². The number of carbonyl (C=O) groups excluding carboxylic acids is 1. The minimum absolute atomic E-state index is 0.0619. The Balaban J connectivity index is 1.83. The second kappa shape index (κ2) is 5.91. The molecular weight excluding hydrogens is 228 g/mol. The summed E-state index contributed by atoms with van der Waals surface area (Å²) < 4.78 is 5.04. The molecule has 18 heavy (non-hydrogen) atoms. The highest BCUT2D eigenvalue weighted by atomic mass is 16.5. The van der Waals surface area contributed by atoms with Crippen LogP contribution in [-0.2, 0) is 6.42 Å². The zero-order valence-corrected chi connectivity index (χ0v) is 10.3. The van der Waals surface area contributed by atoms with Gasteiger partial charge in [-0.1, -0.05) is 0 Å². The highest BCUT2D eigenvalue weighted by Crippen LogP contribution is 2.11. The number of ether oxygens (including phenoxy) is 1. The lowest BCUT2D eigenvalue weighted by atomic mass is 10.2. The lowest BCUT2D eigenvalue weighted by Gasteiger charge is -2.05. The van der Waals surface area contributed by atoms with Gasteiger partial charge in [-0.25, -0.2) is 0 Å². The maximum absolute atomic E-state index is 11.8. The number of hydrogen-bond donors (Lipinski definition) is 2. The van der Waals surface area contributed by atoms with E-state index in [-0.39, 0.29) is 5.91 Å². The van der Waals surface area contributed by atoms with Crippen LogP contribution in [0.1, 0.15) is 15.9 Å². The maximum atomic E-state index is 11.8. The van der Waals surface area contributed by atoms with E-state index >= 15 is 0 Å². The summed E-state index contributed by atoms with van der Waals surface area (Å²) in [5.41, 5.74) is 1.83. The molecule has 0 saturated carbocycles. The van der Waals surface area contributed by atoms with Gasteiger partial charge in [-0.05, 0) is 42.3 Å². The largest absolute Gasteiger partial charge is 0.497 e. The van der Waals surface area contributed by atoms with Crippen LogP contribution in [0.5, 0.6) is 5.75 Å². The fourth-order valence-electron chi connectivity index (χ4n) is 1.68. The third-order valence-electron chi connectivity index (χ3n) is 2.71. The molecule has 1 amide bonds. The van der Waals surface area contributed by atoms with E-state index in [9.17, 15) is 4.79 Å². The first-order valence-electron chi connectivity index (χ1n) is 5.83. The molecule has 4 nitrogen and oxygen atoms in total. The minimum atomic E-state index is -0.0619. The molecule has 2 aromatic rings. The summed E-state index contributed by atoms with van der Waals surface area (Å²) in [6.07, 6.45) is 4.63. The Labute approximate surface area is 106 Å². The van der Waals surface area contributed by atoms with E-state index in [1.807, 2.05) is 18.5 Å². The molecule has 2 rings (SSSR count). The van der Waals surface area contributed by atoms with E-state index < -0.39 is 0 Å². The Morgan fingerprint density at radius 3 is 2.67 bits per heavy atom. The molecule has 0 bridgehead atoms. The SMILES string of the molecule is COc1ccc(C(=O)NCCc2cc[nH]c2)cc1. The van der Waals surface area contributed by atoms with Gasteiger partial charge in [0, 0.05) is 24.5 Å². The van der Waals surface area contributed by atoms with Gasteiger partial charge in [-0.15, -0.1) is 0 Å². The second-order valence-electron chi connectivity index (χ2n) is 3.95. The smallest absolute Gasteiger partial charge is 0.251 e. The van der Waals surface area contributed by atoms with E-state index in [2.05, 4.69) is 10.3 Å². The van der Waals surface area contributed by atoms with Gasteiger partial charge in [0.05, 0.1) is 7.11 Å². The van der Waals surface area contributed by atoms with Crippen LogP contribution < -0.4 is 10.1 Å². The zero-order chi connectivity index (χ0) is 12.8. The molecule has 0 radical (unpaired) electrons. The molecule has 0 saturated heterocycles. The molecule has 1 aromatic carbocycles. The molecule has 1 aromatic heterocycles. The van der Waals surface area contributed by atoms with E-state index in [4.69, 9.17) is 4.74 Å². The molecule has 1 heterocycles. The Bertz CT molecular complexity index is 489. The number of carbonyl (C=O) groups is 1. The van der Waals surface area contributed by atoms with Crippen molar-refractivity contribution in [3.05, 3.63) is 53.9 Å². The van der Waals surface area contributed by atoms with Crippen molar-refractivity contribution in [1.29, 1.82) is 0 Å². The number of H-pyrrole nitrogens is 1. The fourth-order valence-corrected chi connectivity index (χ4v) is 1.68. The molecule has 0 aliphatic rings. The van der Waals surface area contributed by atoms with Crippen LogP contribution >= 0.6 is 0 Å². The molecule has 0 unspecified atom stereocenters. The number of amides is 1. The standard InChI is InChI=1S/C14H16N2O2/c1-18-13-4-2-12(3-5-13)14(17)16-9-7-11-6-8-15-10-11/h2-6,8,10,15H,7,9H2,1H3,(H,16,17). The monoisotopic (exact) mass is 244 g/mol. The number of rotatable bonds is 5. The molecule has 94 valence electrons. The third kappa shape index (κ3) is 3.13. The lowest BCUT2D eigenvalue weighted by Crippen LogP contribution is -2.25. The fraction of sp³-hybridized carbons (Fsp3) is 0.214. The zero-order valence-electron chi connectivity index (χ0n) is 10.3. The summed E-state index contributed by atoms with van der Waals surface area (Å²) in [5.74, 6) is 0.687. The Morgan fingerprint density at radius 1 is 1.28 bits per heavy atom. The summed E-state index contributed by atoms with van der Waals surface area (Å²) in [7, 11) is 1.60. The second-order valence-corrected chi connectivity index (χ2v) is 3.95. The van der Waals surface area contributed by atoms with Crippen molar-refractivity contribution in [2.45, 2.75) is 6.42 Å². The van der Waals surface area contributed by atoms with Gasteiger partial charge in [-0.2, -0.15) is 0 Å². The van der Waals surface area contributed by atoms with Gasteiger partial charge in [0.25, 0.3) is 5.91 Å². The quantitative estimate of drug-likeness (QED) is 0.845. The average molecular weight is 244 g/mol. The van der Waals surface area contributed by atoms with Gasteiger partial charge < -0.3 is 15.0 Å². The van der Waals surface area contributed by atoms with Crippen LogP contribution in [0.4, 0.5) is 0 Å². The van der Waals surface area contributed by atoms with Crippen molar-refractivity contribution in [2.24, 2.45) is 0 Å². The van der Waals surface area contributed by atoms with E-state index in [0.29, 0.717) is 12.1 Å². The summed E-state index contributed by atoms with van der Waals surface area (Å²) in [6.45, 7) is 0.628. The summed E-state index contributed by atoms with van der Waals surface area (Å²) in [6, 6.07) is 9.07. The molecule has 2 N–H and O–H groups in total. The van der Waals surface area contributed by atoms with Crippen molar-refractivity contribution in [2.75, 3.05) is 13.7 Å². The van der Waals surface area contributed by atoms with Gasteiger partial charge >= 0.3 is 0 Å².